The van der Waals surface area contributed by atoms with Crippen LogP contribution in [-0.4, -0.2) is 179 Å². The summed E-state index contributed by atoms with van der Waals surface area (Å²) in [5.41, 5.74) is 26.2. The van der Waals surface area contributed by atoms with Gasteiger partial charge in [-0.05, 0) is 264 Å². The Kier molecular flexibility index (Phi) is 27.0. The van der Waals surface area contributed by atoms with Gasteiger partial charge < -0.3 is 54.2 Å². The van der Waals surface area contributed by atoms with E-state index in [1.807, 2.05) is 73.5 Å². The van der Waals surface area contributed by atoms with E-state index in [9.17, 15) is 38.4 Å². The van der Waals surface area contributed by atoms with E-state index in [1.165, 1.54) is 170 Å². The number of imidazole rings is 1. The van der Waals surface area contributed by atoms with Crippen LogP contribution < -0.4 is 10.6 Å². The minimum absolute atomic E-state index is 0.0300. The maximum Gasteiger partial charge on any atom is 0.407 e. The summed E-state index contributed by atoms with van der Waals surface area (Å²) in [4.78, 5) is 138. The number of thiophene rings is 1. The number of carbonyl (C=O) groups excluding carboxylic acids is 8. The van der Waals surface area contributed by atoms with Crippen molar-refractivity contribution >= 4 is 93.2 Å². The molecule has 4 saturated heterocycles. The molecule has 130 heavy (non-hydrogen) atoms. The number of rotatable bonds is 25. The van der Waals surface area contributed by atoms with Gasteiger partial charge >= 0.3 is 24.1 Å². The molecule has 7 aromatic rings. The average Bonchev–Trinajstić information content (AvgIpc) is 1.15. The van der Waals surface area contributed by atoms with E-state index >= 15 is 0 Å². The third kappa shape index (κ3) is 17.8. The van der Waals surface area contributed by atoms with Crippen LogP contribution >= 0.6 is 11.3 Å². The zero-order chi connectivity index (χ0) is 91.1. The molecule has 686 valence electrons. The van der Waals surface area contributed by atoms with Gasteiger partial charge in [0.1, 0.15) is 17.9 Å². The number of nitrogens with one attached hydrogen (secondary N) is 3. The lowest BCUT2D eigenvalue weighted by Gasteiger charge is -2.48. The van der Waals surface area contributed by atoms with E-state index in [2.05, 4.69) is 127 Å². The van der Waals surface area contributed by atoms with E-state index in [0.717, 1.165) is 128 Å². The highest BCUT2D eigenvalue weighted by atomic mass is 32.1. The average molecular weight is 1780 g/mol. The largest absolute Gasteiger partial charge is 0.469 e. The summed E-state index contributed by atoms with van der Waals surface area (Å²) in [5.74, 6) is -0.903. The topological polar surface area (TPSA) is 276 Å². The van der Waals surface area contributed by atoms with Crippen LogP contribution in [0, 0.1) is 35.5 Å². The Hall–Kier alpha value is -10.9. The van der Waals surface area contributed by atoms with Crippen molar-refractivity contribution in [2.75, 3.05) is 54.6 Å². The number of methoxy groups -OCH3 is 4. The molecule has 9 heterocycles. The van der Waals surface area contributed by atoms with E-state index in [0.29, 0.717) is 39.0 Å². The summed E-state index contributed by atoms with van der Waals surface area (Å²) in [7, 11) is 5.40. The Balaban J connectivity index is 0.000000182. The third-order valence-corrected chi connectivity index (χ3v) is 32.1. The van der Waals surface area contributed by atoms with Gasteiger partial charge in [0.15, 0.2) is 0 Å². The molecule has 2 aromatic heterocycles. The number of fused-ring (bicyclic) bond motifs is 6. The Morgan fingerprint density at radius 1 is 0.462 bits per heavy atom. The Bertz CT molecular complexity index is 5640. The lowest BCUT2D eigenvalue weighted by atomic mass is 9.56. The number of allylic oxidation sites excluding steroid dienone is 1. The number of carbonyl (C=O) groups is 8. The van der Waals surface area contributed by atoms with Gasteiger partial charge in [-0.1, -0.05) is 142 Å². The summed E-state index contributed by atoms with van der Waals surface area (Å²) in [6.45, 7) is 18.5. The predicted octanol–water partition coefficient (Wildman–Crippen LogP) is 19.9. The summed E-state index contributed by atoms with van der Waals surface area (Å²) >= 11 is 1.77. The molecule has 23 nitrogen and oxygen atoms in total. The summed E-state index contributed by atoms with van der Waals surface area (Å²) < 4.78 is 19.6. The van der Waals surface area contributed by atoms with Gasteiger partial charge in [-0.25, -0.2) is 14.6 Å². The van der Waals surface area contributed by atoms with E-state index in [1.54, 1.807) is 16.9 Å². The minimum atomic E-state index is -0.683. The van der Waals surface area contributed by atoms with Gasteiger partial charge in [0, 0.05) is 73.7 Å². The summed E-state index contributed by atoms with van der Waals surface area (Å²) in [6.07, 6.45) is 27.3. The monoisotopic (exact) mass is 1780 g/mol. The highest BCUT2D eigenvalue weighted by Crippen LogP contribution is 2.59. The third-order valence-electron chi connectivity index (χ3n) is 31.0. The molecule has 3 N–H and O–H groups in total. The molecule has 0 radical (unpaired) electrons. The van der Waals surface area contributed by atoms with Crippen molar-refractivity contribution in [1.82, 2.24) is 40.2 Å². The SMILES string of the molecule is CCC(C)[C@H](CC(=O)OC)C(=O)N1CCC[C@H]1C1=Nc2ccc(-c3ccc(-c4ccc(C5=CN=C([C@@H]6CCCN6C(=O)[C@@H](CC(=O)OC)C(C)C)C5)cc4)c4c3CCC43CCCC3)cc2C1.COC(=O)N[C@H](C(=O)N1CCC[C@H]1C1=Nc2ccc(-c3ccc(-c4ccc(-c5cnc([C@@H]6CCCN6C(=O)[C@@H](NC(=O)OC)C(C)C)[nH]5)s4)c4c3C3(CCC4)CCC3)cc2C1)C(C)C. The predicted molar refractivity (Wildman–Crippen MR) is 509 cm³/mol. The number of ether oxygens (including phenoxy) is 4. The van der Waals surface area contributed by atoms with Crippen LogP contribution in [0.4, 0.5) is 21.0 Å². The van der Waals surface area contributed by atoms with Gasteiger partial charge in [0.25, 0.3) is 0 Å². The van der Waals surface area contributed by atoms with E-state index in [-0.39, 0.29) is 107 Å². The van der Waals surface area contributed by atoms with Gasteiger partial charge in [-0.3, -0.25) is 43.7 Å². The van der Waals surface area contributed by atoms with Crippen LogP contribution in [0.1, 0.15) is 247 Å². The number of nitrogens with zero attached hydrogens (tertiary/aromatic N) is 8. The van der Waals surface area contributed by atoms with Crippen molar-refractivity contribution in [3.05, 3.63) is 154 Å². The first kappa shape index (κ1) is 91.0. The molecule has 4 aliphatic carbocycles. The molecule has 6 amide bonds. The number of esters is 2. The molecule has 2 saturated carbocycles. The normalized spacial score (nSPS) is 21.3. The molecule has 7 aliphatic heterocycles. The van der Waals surface area contributed by atoms with Gasteiger partial charge in [-0.2, -0.15) is 0 Å². The first-order valence-corrected chi connectivity index (χ1v) is 48.9. The Morgan fingerprint density at radius 3 is 1.46 bits per heavy atom. The fourth-order valence-corrected chi connectivity index (χ4v) is 24.6. The number of aromatic amines is 1. The van der Waals surface area contributed by atoms with Crippen molar-refractivity contribution in [2.45, 2.75) is 269 Å². The molecule has 1 unspecified atom stereocenters. The second kappa shape index (κ2) is 38.5. The first-order chi connectivity index (χ1) is 62.8. The van der Waals surface area contributed by atoms with Crippen molar-refractivity contribution in [3.63, 3.8) is 0 Å². The van der Waals surface area contributed by atoms with Crippen molar-refractivity contribution in [2.24, 2.45) is 50.5 Å². The number of hydrogen-bond acceptors (Lipinski definition) is 17. The number of amides is 6. The lowest BCUT2D eigenvalue weighted by molar-refractivity contribution is -0.148. The number of benzene rings is 5. The maximum absolute atomic E-state index is 14.1. The van der Waals surface area contributed by atoms with Gasteiger partial charge in [0.2, 0.25) is 23.6 Å². The quantitative estimate of drug-likeness (QED) is 0.0355. The van der Waals surface area contributed by atoms with Gasteiger partial charge in [0.05, 0.1) is 105 Å². The first-order valence-electron chi connectivity index (χ1n) is 48.1. The minimum Gasteiger partial charge on any atom is -0.469 e. The second-order valence-corrected chi connectivity index (χ2v) is 40.6. The van der Waals surface area contributed by atoms with Crippen LogP contribution in [0.3, 0.4) is 0 Å². The van der Waals surface area contributed by atoms with Crippen molar-refractivity contribution in [3.8, 4) is 54.4 Å². The number of H-pyrrole nitrogens is 1. The van der Waals surface area contributed by atoms with Crippen LogP contribution in [-0.2, 0) is 84.2 Å². The van der Waals surface area contributed by atoms with Crippen LogP contribution in [0.25, 0.3) is 60.0 Å². The number of hydrogen-bond donors (Lipinski definition) is 3. The molecule has 6 fully saturated rings. The molecule has 11 aliphatic rings. The molecule has 24 heteroatoms. The highest BCUT2D eigenvalue weighted by Gasteiger charge is 2.49. The summed E-state index contributed by atoms with van der Waals surface area (Å²) in [5, 5.41) is 5.51. The number of alkyl carbamates (subject to hydrolysis) is 2. The Morgan fingerprint density at radius 2 is 0.923 bits per heavy atom. The fraction of sp³-hybridized carbons (Fsp3) is 0.528. The number of aromatic nitrogens is 2. The number of likely N-dealkylation sites (tertiary alicyclic amines) is 4. The van der Waals surface area contributed by atoms with Crippen LogP contribution in [0.15, 0.2) is 124 Å². The van der Waals surface area contributed by atoms with Gasteiger partial charge in [-0.15, -0.1) is 11.3 Å². The maximum atomic E-state index is 14.1. The van der Waals surface area contributed by atoms with Crippen LogP contribution in [0.2, 0.25) is 0 Å². The van der Waals surface area contributed by atoms with E-state index in [4.69, 9.17) is 38.9 Å². The molecule has 9 atom stereocenters. The summed E-state index contributed by atoms with van der Waals surface area (Å²) in [6, 6.07) is 34.7. The zero-order valence-electron chi connectivity index (χ0n) is 77.9. The van der Waals surface area contributed by atoms with Crippen LogP contribution in [0.5, 0.6) is 0 Å². The van der Waals surface area contributed by atoms with E-state index < -0.39 is 36.1 Å². The second-order valence-electron chi connectivity index (χ2n) is 39.5. The number of aliphatic imine (C=N–C) groups is 3. The molecular formula is C106H129N11O12S. The molecule has 0 bridgehead atoms. The molecular weight excluding hydrogens is 1650 g/mol. The smallest absolute Gasteiger partial charge is 0.407 e. The molecule has 2 spiro atoms. The standard InChI is InChI=1S/C56H68N4O6.C50H61N7O6S/c1-7-35(4)45(32-52(62)66-6)55(64)60-27-11-13-50(60)48-29-39-28-38(18-21-46(39)58-48)41-19-20-42(53-43(41)22-25-56(53)23-8-9-24-56)37-16-14-36(15-17-37)40-30-47(57-33-40)49-12-10-26-59(49)54(63)44(34(2)3)31-51(61)65-5;1-28(2)43(54-48(60)62-5)46(58)56-23-8-12-38(56)36-26-31-25-30(14-17-35(31)52-36)32-15-16-33(34-11-7-20-50(42(32)34)21-10-22-50)40-18-19-41(64-40)37-27-51-45(53-37)39-13-9-24-57(39)47(59)44(29(3)4)55-49(61)63-6/h14-21,28,33-35,44-45,49-50H,7-13,22-27,29-32H2,1-6H3;14-19,25,27-29,38-39,43-44H,7-13,20-24,26H2,1-6H3,(H,51,53)(H,54,60)(H,55,61)/t35?,44-,45-,49-,50-;38-,39-,43-,44-/m00/s1. The molecule has 5 aromatic carbocycles. The molecule has 18 rings (SSSR count). The van der Waals surface area contributed by atoms with Crippen molar-refractivity contribution < 1.29 is 57.3 Å². The fourth-order valence-electron chi connectivity index (χ4n) is 23.6. The lowest BCUT2D eigenvalue weighted by Crippen LogP contribution is -2.53. The zero-order valence-corrected chi connectivity index (χ0v) is 78.7. The Labute approximate surface area is 769 Å². The highest BCUT2D eigenvalue weighted by molar-refractivity contribution is 7.18. The van der Waals surface area contributed by atoms with Crippen molar-refractivity contribution in [1.29, 1.82) is 0 Å².